The minimum absolute atomic E-state index is 0. The quantitative estimate of drug-likeness (QED) is 0.238. The van der Waals surface area contributed by atoms with Gasteiger partial charge in [-0.15, -0.1) is 0 Å². The molecule has 2 aromatic heterocycles. The zero-order valence-corrected chi connectivity index (χ0v) is 26.3. The third-order valence-electron chi connectivity index (χ3n) is 5.76. The molecule has 3 heterocycles. The number of thiazole rings is 1. The van der Waals surface area contributed by atoms with Gasteiger partial charge in [0, 0.05) is 32.2 Å². The average molecular weight is 604 g/mol. The third-order valence-corrected chi connectivity index (χ3v) is 9.25. The average Bonchev–Trinajstić information content (AvgIpc) is 3.35. The number of rotatable bonds is 10. The number of aryl methyl sites for hydroxylation is 2. The maximum atomic E-state index is 13.1. The molecule has 0 aliphatic carbocycles. The van der Waals surface area contributed by atoms with Crippen molar-refractivity contribution >= 4 is 82.1 Å². The van der Waals surface area contributed by atoms with E-state index in [0.717, 1.165) is 11.4 Å². The van der Waals surface area contributed by atoms with Crippen LogP contribution in [0.1, 0.15) is 34.9 Å². The zero-order valence-electron chi connectivity index (χ0n) is 22.4. The molecule has 1 aliphatic heterocycles. The molecule has 15 heteroatoms. The maximum Gasteiger partial charge on any atom is 2.00 e. The Morgan fingerprint density at radius 3 is 2.46 bits per heavy atom. The minimum Gasteiger partial charge on any atom is -0.354 e. The molecule has 11 nitrogen and oxygen atoms in total. The van der Waals surface area contributed by atoms with Gasteiger partial charge in [-0.1, -0.05) is 35.1 Å². The molecule has 204 valence electrons. The van der Waals surface area contributed by atoms with Gasteiger partial charge in [0.05, 0.1) is 30.1 Å². The fourth-order valence-electron chi connectivity index (χ4n) is 3.99. The second-order valence-corrected chi connectivity index (χ2v) is 11.9. The summed E-state index contributed by atoms with van der Waals surface area (Å²) < 4.78 is 25.8. The van der Waals surface area contributed by atoms with E-state index in [1.807, 2.05) is 32.0 Å². The van der Waals surface area contributed by atoms with Gasteiger partial charge >= 0.3 is 30.8 Å². The topological polar surface area (TPSA) is 122 Å². The Bertz CT molecular complexity index is 1310. The number of carbonyl (C=O) groups is 1. The van der Waals surface area contributed by atoms with Crippen molar-refractivity contribution in [3.05, 3.63) is 51.7 Å². The van der Waals surface area contributed by atoms with Crippen LogP contribution in [0, 0.1) is 13.8 Å². The molecule has 2 N–H and O–H groups in total. The second kappa shape index (κ2) is 14.2. The number of hydrogen-bond donors (Lipinski definition) is 2. The van der Waals surface area contributed by atoms with Crippen molar-refractivity contribution in [2.24, 2.45) is 0 Å². The Labute approximate surface area is 253 Å². The number of benzene rings is 1. The number of amides is 1. The summed E-state index contributed by atoms with van der Waals surface area (Å²) in [5.74, 6) is 1.60. The molecule has 0 spiro atoms. The van der Waals surface area contributed by atoms with Gasteiger partial charge in [0.15, 0.2) is 5.13 Å². The molecule has 39 heavy (non-hydrogen) atoms. The Kier molecular flexibility index (Phi) is 11.5. The van der Waals surface area contributed by atoms with Crippen molar-refractivity contribution in [3.8, 4) is 0 Å². The SMILES string of the molecule is CCOP(=O)(OCC)N1CCN(c2cc(Nc3ncc(C(=O)Nc4c(C)cccc4Cl)s3)nc(C)n2)CC1.[Mg+2]. The Morgan fingerprint density at radius 2 is 1.82 bits per heavy atom. The van der Waals surface area contributed by atoms with Gasteiger partial charge in [-0.25, -0.2) is 24.2 Å². The van der Waals surface area contributed by atoms with Crippen molar-refractivity contribution in [3.63, 3.8) is 0 Å². The first-order valence-electron chi connectivity index (χ1n) is 12.3. The summed E-state index contributed by atoms with van der Waals surface area (Å²) in [6.07, 6.45) is 1.51. The van der Waals surface area contributed by atoms with Gasteiger partial charge < -0.3 is 15.5 Å². The van der Waals surface area contributed by atoms with Crippen LogP contribution < -0.4 is 15.5 Å². The summed E-state index contributed by atoms with van der Waals surface area (Å²) in [7, 11) is -3.30. The summed E-state index contributed by atoms with van der Waals surface area (Å²) in [5, 5.41) is 7.04. The van der Waals surface area contributed by atoms with Crippen molar-refractivity contribution in [1.82, 2.24) is 19.6 Å². The summed E-state index contributed by atoms with van der Waals surface area (Å²) >= 11 is 7.45. The zero-order chi connectivity index (χ0) is 27.3. The van der Waals surface area contributed by atoms with Gasteiger partial charge in [-0.2, -0.15) is 0 Å². The first kappa shape index (κ1) is 31.7. The number of aromatic nitrogens is 3. The Morgan fingerprint density at radius 1 is 1.13 bits per heavy atom. The molecule has 0 atom stereocenters. The van der Waals surface area contributed by atoms with Gasteiger partial charge in [-0.05, 0) is 39.3 Å². The summed E-state index contributed by atoms with van der Waals surface area (Å²) in [6, 6.07) is 7.28. The largest absolute Gasteiger partial charge is 2.00 e. The number of hydrogen-bond acceptors (Lipinski definition) is 10. The number of nitrogens with one attached hydrogen (secondary N) is 2. The third kappa shape index (κ3) is 7.89. The van der Waals surface area contributed by atoms with Crippen LogP contribution in [0.2, 0.25) is 5.02 Å². The van der Waals surface area contributed by atoms with Gasteiger partial charge in [0.25, 0.3) is 5.91 Å². The van der Waals surface area contributed by atoms with E-state index < -0.39 is 7.75 Å². The summed E-state index contributed by atoms with van der Waals surface area (Å²) in [6.45, 7) is 10.2. The summed E-state index contributed by atoms with van der Waals surface area (Å²) in [4.78, 5) is 28.7. The first-order valence-corrected chi connectivity index (χ1v) is 15.0. The van der Waals surface area contributed by atoms with Crippen molar-refractivity contribution in [2.75, 3.05) is 54.9 Å². The molecule has 1 aromatic carbocycles. The normalized spacial score (nSPS) is 14.1. The van der Waals surface area contributed by atoms with Crippen LogP contribution in [-0.4, -0.2) is 88.0 Å². The molecule has 0 radical (unpaired) electrons. The molecule has 1 saturated heterocycles. The monoisotopic (exact) mass is 603 g/mol. The molecule has 0 saturated carbocycles. The molecule has 1 amide bonds. The fourth-order valence-corrected chi connectivity index (χ4v) is 6.70. The van der Waals surface area contributed by atoms with E-state index in [-0.39, 0.29) is 29.0 Å². The Balaban J connectivity index is 0.00000420. The van der Waals surface area contributed by atoms with Crippen molar-refractivity contribution in [2.45, 2.75) is 27.7 Å². The number of halogens is 1. The predicted molar refractivity (Wildman–Crippen MR) is 157 cm³/mol. The smallest absolute Gasteiger partial charge is 0.354 e. The minimum atomic E-state index is -3.30. The van der Waals surface area contributed by atoms with E-state index in [1.165, 1.54) is 17.5 Å². The van der Waals surface area contributed by atoms with E-state index in [1.54, 1.807) is 24.6 Å². The molecule has 3 aromatic rings. The number of carbonyl (C=O) groups excluding carboxylic acids is 1. The number of anilines is 4. The van der Waals surface area contributed by atoms with Gasteiger partial charge in [-0.3, -0.25) is 13.8 Å². The molecular weight excluding hydrogens is 573 g/mol. The molecule has 4 rings (SSSR count). The van der Waals surface area contributed by atoms with Crippen LogP contribution in [0.5, 0.6) is 0 Å². The van der Waals surface area contributed by atoms with Gasteiger partial charge in [0.2, 0.25) is 0 Å². The van der Waals surface area contributed by atoms with Crippen molar-refractivity contribution in [1.29, 1.82) is 0 Å². The molecule has 0 unspecified atom stereocenters. The van der Waals surface area contributed by atoms with E-state index in [2.05, 4.69) is 30.5 Å². The van der Waals surface area contributed by atoms with E-state index in [4.69, 9.17) is 20.6 Å². The fraction of sp³-hybridized carbons (Fsp3) is 0.417. The molecular formula is C24H31ClMgN7O4PS+2. The van der Waals surface area contributed by atoms with E-state index in [9.17, 15) is 9.36 Å². The van der Waals surface area contributed by atoms with Crippen LogP contribution in [0.4, 0.5) is 22.5 Å². The van der Waals surface area contributed by atoms with E-state index in [0.29, 0.717) is 71.8 Å². The van der Waals surface area contributed by atoms with Crippen molar-refractivity contribution < 1.29 is 18.4 Å². The Hall–Kier alpha value is -1.83. The summed E-state index contributed by atoms with van der Waals surface area (Å²) in [5.41, 5.74) is 1.45. The standard InChI is InChI=1S/C24H31ClN7O4PS.Mg/c1-5-35-37(34,36-6-2)32-12-10-31(11-13-32)21-14-20(27-17(4)28-21)29-24-26-15-19(38-24)23(33)30-22-16(3)8-7-9-18(22)25;/h7-9,14-15H,5-6,10-13H2,1-4H3,(H,30,33)(H,26,27,28,29);/q;+2. The molecule has 0 bridgehead atoms. The maximum absolute atomic E-state index is 13.1. The van der Waals surface area contributed by atoms with Crippen LogP contribution in [0.25, 0.3) is 0 Å². The van der Waals surface area contributed by atoms with Crippen LogP contribution in [0.3, 0.4) is 0 Å². The number of para-hydroxylation sites is 1. The predicted octanol–water partition coefficient (Wildman–Crippen LogP) is 5.12. The molecule has 1 aliphatic rings. The van der Waals surface area contributed by atoms with Gasteiger partial charge in [0.1, 0.15) is 22.3 Å². The van der Waals surface area contributed by atoms with Crippen LogP contribution >= 0.6 is 30.7 Å². The molecule has 1 fully saturated rings. The second-order valence-electron chi connectivity index (χ2n) is 8.44. The number of piperazine rings is 1. The van der Waals surface area contributed by atoms with E-state index >= 15 is 0 Å². The van der Waals surface area contributed by atoms with Crippen LogP contribution in [0.15, 0.2) is 30.5 Å². The van der Waals surface area contributed by atoms with Crippen LogP contribution in [-0.2, 0) is 13.6 Å². The first-order chi connectivity index (χ1) is 18.2. The number of nitrogens with zero attached hydrogens (tertiary/aromatic N) is 5.